The van der Waals surface area contributed by atoms with Gasteiger partial charge in [-0.2, -0.15) is 9.61 Å². The summed E-state index contributed by atoms with van der Waals surface area (Å²) in [4.78, 5) is 20.2. The number of carbonyl (C=O) groups is 1. The van der Waals surface area contributed by atoms with Crippen LogP contribution in [0.3, 0.4) is 0 Å². The Balaban J connectivity index is 1.74. The van der Waals surface area contributed by atoms with Crippen LogP contribution in [0, 0.1) is 0 Å². The van der Waals surface area contributed by atoms with Crippen molar-refractivity contribution in [3.8, 4) is 5.75 Å². The van der Waals surface area contributed by atoms with Gasteiger partial charge in [0.1, 0.15) is 31.1 Å². The Kier molecular flexibility index (Phi) is 8.54. The lowest BCUT2D eigenvalue weighted by molar-refractivity contribution is -0.149. The molecule has 1 aromatic carbocycles. The molecule has 11 nitrogen and oxygen atoms in total. The summed E-state index contributed by atoms with van der Waals surface area (Å²) >= 11 is 0. The van der Waals surface area contributed by atoms with E-state index >= 15 is 0 Å². The summed E-state index contributed by atoms with van der Waals surface area (Å²) in [5.74, 6) is -0.156. The van der Waals surface area contributed by atoms with Crippen molar-refractivity contribution in [3.63, 3.8) is 0 Å². The van der Waals surface area contributed by atoms with Crippen molar-refractivity contribution in [2.75, 3.05) is 18.8 Å². The first kappa shape index (κ1) is 25.5. The van der Waals surface area contributed by atoms with Gasteiger partial charge in [0.2, 0.25) is 5.95 Å². The average Bonchev–Trinajstić information content (AvgIpc) is 3.20. The zero-order chi connectivity index (χ0) is 24.7. The van der Waals surface area contributed by atoms with E-state index in [1.807, 2.05) is 0 Å². The van der Waals surface area contributed by atoms with Crippen molar-refractivity contribution in [3.05, 3.63) is 48.4 Å². The van der Waals surface area contributed by atoms with Crippen molar-refractivity contribution in [1.29, 1.82) is 0 Å². The number of halogens is 1. The van der Waals surface area contributed by atoms with Crippen LogP contribution in [0.5, 0.6) is 5.75 Å². The number of benzene rings is 1. The minimum Gasteiger partial charge on any atom is -0.462 e. The highest BCUT2D eigenvalue weighted by Gasteiger charge is 2.32. The molecule has 0 fully saturated rings. The number of hydrogen-bond donors (Lipinski definition) is 2. The largest absolute Gasteiger partial charge is 0.462 e. The number of ether oxygens (including phenoxy) is 2. The van der Waals surface area contributed by atoms with Gasteiger partial charge in [0.05, 0.1) is 18.4 Å². The van der Waals surface area contributed by atoms with Crippen molar-refractivity contribution < 1.29 is 27.7 Å². The van der Waals surface area contributed by atoms with E-state index < -0.39 is 38.7 Å². The Morgan fingerprint density at radius 3 is 2.65 bits per heavy atom. The first-order chi connectivity index (χ1) is 16.2. The number of aromatic nitrogens is 4. The molecule has 0 saturated carbocycles. The topological polar surface area (TPSA) is 143 Å². The minimum atomic E-state index is -3.81. The highest BCUT2D eigenvalue weighted by atomic mass is 31.2. The number of para-hydroxylation sites is 1. The predicted molar refractivity (Wildman–Crippen MR) is 123 cm³/mol. The van der Waals surface area contributed by atoms with Crippen molar-refractivity contribution in [2.24, 2.45) is 0 Å². The van der Waals surface area contributed by atoms with Crippen LogP contribution in [0.15, 0.2) is 42.9 Å². The summed E-state index contributed by atoms with van der Waals surface area (Å²) in [6.07, 6.45) is 1.05. The van der Waals surface area contributed by atoms with Gasteiger partial charge in [-0.1, -0.05) is 18.2 Å². The van der Waals surface area contributed by atoms with E-state index in [9.17, 15) is 13.8 Å². The Labute approximate surface area is 196 Å². The van der Waals surface area contributed by atoms with Gasteiger partial charge in [0.15, 0.2) is 5.65 Å². The van der Waals surface area contributed by atoms with Gasteiger partial charge in [0, 0.05) is 12.0 Å². The summed E-state index contributed by atoms with van der Waals surface area (Å²) in [5, 5.41) is 6.78. The van der Waals surface area contributed by atoms with Crippen molar-refractivity contribution in [1.82, 2.24) is 24.7 Å². The first-order valence-corrected chi connectivity index (χ1v) is 12.4. The molecule has 3 aromatic rings. The Hall–Kier alpha value is -3.08. The number of carbonyl (C=O) groups excluding carboxylic acids is 1. The zero-order valence-corrected chi connectivity index (χ0v) is 20.0. The van der Waals surface area contributed by atoms with E-state index in [0.29, 0.717) is 17.0 Å². The van der Waals surface area contributed by atoms with Gasteiger partial charge in [0.25, 0.3) is 0 Å². The molecule has 3 N–H and O–H groups in total. The van der Waals surface area contributed by atoms with Gasteiger partial charge < -0.3 is 19.7 Å². The molecule has 3 atom stereocenters. The highest BCUT2D eigenvalue weighted by molar-refractivity contribution is 7.57. The lowest BCUT2D eigenvalue weighted by atomic mass is 10.1. The third-order valence-corrected chi connectivity index (χ3v) is 6.37. The summed E-state index contributed by atoms with van der Waals surface area (Å²) in [7, 11) is -3.81. The molecular weight excluding hydrogens is 466 g/mol. The fourth-order valence-corrected chi connectivity index (χ4v) is 4.80. The molecule has 0 saturated heterocycles. The molecule has 13 heteroatoms. The van der Waals surface area contributed by atoms with Gasteiger partial charge in [-0.15, -0.1) is 0 Å². The molecule has 184 valence electrons. The molecule has 0 bridgehead atoms. The van der Waals surface area contributed by atoms with Crippen LogP contribution >= 0.6 is 7.52 Å². The molecule has 3 rings (SSSR count). The normalized spacial score (nSPS) is 15.1. The van der Waals surface area contributed by atoms with Gasteiger partial charge in [-0.25, -0.2) is 19.4 Å². The minimum absolute atomic E-state index is 0.0900. The number of esters is 1. The smallest absolute Gasteiger partial charge is 0.342 e. The molecule has 34 heavy (non-hydrogen) atoms. The van der Waals surface area contributed by atoms with E-state index in [2.05, 4.69) is 20.2 Å². The lowest BCUT2D eigenvalue weighted by Gasteiger charge is -2.25. The van der Waals surface area contributed by atoms with Crippen LogP contribution in [0.1, 0.15) is 26.3 Å². The van der Waals surface area contributed by atoms with E-state index in [-0.39, 0.29) is 18.5 Å². The summed E-state index contributed by atoms with van der Waals surface area (Å²) in [6.45, 7) is 4.05. The number of rotatable bonds is 12. The molecule has 0 amide bonds. The molecule has 2 heterocycles. The van der Waals surface area contributed by atoms with Crippen LogP contribution in [-0.2, 0) is 25.3 Å². The molecule has 0 radical (unpaired) electrons. The third-order valence-electron chi connectivity index (χ3n) is 4.60. The molecular formula is C21H28FN6O5P. The number of nitrogens with two attached hydrogens (primary N) is 1. The molecule has 0 aliphatic carbocycles. The van der Waals surface area contributed by atoms with Crippen molar-refractivity contribution in [2.45, 2.75) is 45.4 Å². The zero-order valence-electron chi connectivity index (χ0n) is 19.1. The SMILES string of the molecule is CC(C)OC(=O)[C@H](C)NP(=O)(CO[C@H](CF)Cc1cnn2c(N)ncnc12)Oc1ccccc1. The van der Waals surface area contributed by atoms with Gasteiger partial charge >= 0.3 is 13.5 Å². The quantitative estimate of drug-likeness (QED) is 0.285. The molecule has 1 unspecified atom stereocenters. The number of nitrogen functional groups attached to an aromatic ring is 1. The standard InChI is InChI=1S/C21H28FN6O5P/c1-14(2)32-20(29)15(3)27-34(30,33-17-7-5-4-6-8-17)13-31-18(10-22)9-16-11-26-28-19(16)24-12-25-21(28)23/h4-8,11-12,14-15,18H,9-10,13H2,1-3H3,(H,27,30)(H2,23,24,25)/t15-,18-,34?/m0/s1. The predicted octanol–water partition coefficient (Wildman–Crippen LogP) is 2.76. The van der Waals surface area contributed by atoms with Crippen LogP contribution in [0.4, 0.5) is 10.3 Å². The number of alkyl halides is 1. The molecule has 2 aromatic heterocycles. The number of nitrogens with one attached hydrogen (secondary N) is 1. The summed E-state index contributed by atoms with van der Waals surface area (Å²) < 4.78 is 45.3. The second-order valence-corrected chi connectivity index (χ2v) is 9.87. The van der Waals surface area contributed by atoms with Crippen LogP contribution in [-0.4, -0.2) is 56.8 Å². The Bertz CT molecular complexity index is 1150. The van der Waals surface area contributed by atoms with Gasteiger partial charge in [-0.05, 0) is 32.9 Å². The van der Waals surface area contributed by atoms with Crippen molar-refractivity contribution >= 4 is 25.1 Å². The molecule has 0 spiro atoms. The fraction of sp³-hybridized carbons (Fsp3) is 0.429. The number of anilines is 1. The van der Waals surface area contributed by atoms with Crippen LogP contribution in [0.2, 0.25) is 0 Å². The number of hydrogen-bond acceptors (Lipinski definition) is 9. The maximum absolute atomic E-state index is 13.8. The molecule has 0 aliphatic rings. The van der Waals surface area contributed by atoms with E-state index in [1.54, 1.807) is 44.2 Å². The fourth-order valence-electron chi connectivity index (χ4n) is 3.05. The molecule has 0 aliphatic heterocycles. The highest BCUT2D eigenvalue weighted by Crippen LogP contribution is 2.44. The monoisotopic (exact) mass is 494 g/mol. The second-order valence-electron chi connectivity index (χ2n) is 7.83. The maximum atomic E-state index is 13.8. The Morgan fingerprint density at radius 1 is 1.24 bits per heavy atom. The maximum Gasteiger partial charge on any atom is 0.342 e. The lowest BCUT2D eigenvalue weighted by Crippen LogP contribution is -2.37. The van der Waals surface area contributed by atoms with E-state index in [4.69, 9.17) is 19.7 Å². The van der Waals surface area contributed by atoms with Crippen LogP contribution < -0.4 is 15.3 Å². The second kappa shape index (κ2) is 11.4. The average molecular weight is 494 g/mol. The third kappa shape index (κ3) is 6.72. The van der Waals surface area contributed by atoms with E-state index in [1.165, 1.54) is 24.0 Å². The van der Waals surface area contributed by atoms with E-state index in [0.717, 1.165) is 0 Å². The Morgan fingerprint density at radius 2 is 1.97 bits per heavy atom. The number of fused-ring (bicyclic) bond motifs is 1. The van der Waals surface area contributed by atoms with Crippen LogP contribution in [0.25, 0.3) is 5.65 Å². The van der Waals surface area contributed by atoms with Gasteiger partial charge in [-0.3, -0.25) is 9.36 Å². The summed E-state index contributed by atoms with van der Waals surface area (Å²) in [5.41, 5.74) is 6.77. The number of nitrogens with zero attached hydrogens (tertiary/aromatic N) is 4. The first-order valence-electron chi connectivity index (χ1n) is 10.6. The summed E-state index contributed by atoms with van der Waals surface area (Å²) in [6, 6.07) is 7.46.